The Labute approximate surface area is 195 Å². The van der Waals surface area contributed by atoms with Crippen LogP contribution in [-0.4, -0.2) is 41.7 Å². The predicted molar refractivity (Wildman–Crippen MR) is 124 cm³/mol. The second kappa shape index (κ2) is 9.32. The minimum Gasteiger partial charge on any atom is -0.454 e. The number of anilines is 1. The van der Waals surface area contributed by atoms with Crippen molar-refractivity contribution in [2.45, 2.75) is 51.0 Å². The van der Waals surface area contributed by atoms with Gasteiger partial charge < -0.3 is 10.5 Å². The maximum absolute atomic E-state index is 14.3. The number of thiophene rings is 1. The van der Waals surface area contributed by atoms with Gasteiger partial charge in [-0.3, -0.25) is 0 Å². The zero-order chi connectivity index (χ0) is 23.8. The van der Waals surface area contributed by atoms with E-state index in [1.165, 1.54) is 14.7 Å². The van der Waals surface area contributed by atoms with Gasteiger partial charge in [-0.05, 0) is 49.4 Å². The highest BCUT2D eigenvalue weighted by molar-refractivity contribution is 7.89. The van der Waals surface area contributed by atoms with Gasteiger partial charge in [0.2, 0.25) is 10.0 Å². The van der Waals surface area contributed by atoms with Crippen molar-refractivity contribution in [2.75, 3.05) is 18.8 Å². The van der Waals surface area contributed by atoms with E-state index < -0.39 is 27.4 Å². The monoisotopic (exact) mass is 492 g/mol. The average Bonchev–Trinajstić information content (AvgIpc) is 3.17. The lowest BCUT2D eigenvalue weighted by molar-refractivity contribution is 0.0457. The number of rotatable bonds is 7. The van der Waals surface area contributed by atoms with Gasteiger partial charge in [-0.25, -0.2) is 27.6 Å². The second-order valence-electron chi connectivity index (χ2n) is 7.72. The first-order valence-electron chi connectivity index (χ1n) is 10.8. The lowest BCUT2D eigenvalue weighted by Gasteiger charge is -2.18. The van der Waals surface area contributed by atoms with Crippen LogP contribution in [0.3, 0.4) is 0 Å². The molecule has 2 aromatic heterocycles. The molecule has 8 nitrogen and oxygen atoms in total. The fraction of sp³-hybridized carbons (Fsp3) is 0.409. The minimum absolute atomic E-state index is 0.175. The highest BCUT2D eigenvalue weighted by atomic mass is 32.2. The Kier molecular flexibility index (Phi) is 6.64. The molecule has 33 heavy (non-hydrogen) atoms. The van der Waals surface area contributed by atoms with Crippen LogP contribution in [-0.2, 0) is 34.2 Å². The summed E-state index contributed by atoms with van der Waals surface area (Å²) in [6.45, 7) is 3.60. The van der Waals surface area contributed by atoms with Crippen LogP contribution >= 0.6 is 11.3 Å². The third kappa shape index (κ3) is 4.44. The van der Waals surface area contributed by atoms with Crippen molar-refractivity contribution in [3.63, 3.8) is 0 Å². The van der Waals surface area contributed by atoms with Gasteiger partial charge in [0.1, 0.15) is 16.5 Å². The maximum atomic E-state index is 14.3. The molecular formula is C22H25FN4O4S2. The van der Waals surface area contributed by atoms with E-state index in [4.69, 9.17) is 10.5 Å². The second-order valence-corrected chi connectivity index (χ2v) is 10.7. The molecule has 1 aliphatic rings. The highest BCUT2D eigenvalue weighted by Gasteiger charge is 2.25. The number of nitrogens with two attached hydrogens (primary N) is 1. The molecule has 0 fully saturated rings. The zero-order valence-electron chi connectivity index (χ0n) is 18.4. The maximum Gasteiger partial charge on any atom is 0.341 e. The summed E-state index contributed by atoms with van der Waals surface area (Å²) in [5.41, 5.74) is 6.91. The number of fused-ring (bicyclic) bond motifs is 3. The quantitative estimate of drug-likeness (QED) is 0.500. The Balaban J connectivity index is 1.56. The van der Waals surface area contributed by atoms with Gasteiger partial charge in [-0.2, -0.15) is 4.31 Å². The van der Waals surface area contributed by atoms with E-state index in [9.17, 15) is 17.6 Å². The van der Waals surface area contributed by atoms with Crippen LogP contribution in [0.1, 0.15) is 53.3 Å². The van der Waals surface area contributed by atoms with Crippen LogP contribution in [0, 0.1) is 5.82 Å². The van der Waals surface area contributed by atoms with Crippen LogP contribution in [0.5, 0.6) is 0 Å². The van der Waals surface area contributed by atoms with Gasteiger partial charge in [0.15, 0.2) is 12.4 Å². The number of esters is 1. The van der Waals surface area contributed by atoms with Crippen molar-refractivity contribution in [2.24, 2.45) is 0 Å². The van der Waals surface area contributed by atoms with Gasteiger partial charge in [0.05, 0.1) is 15.8 Å². The van der Waals surface area contributed by atoms with Crippen LogP contribution in [0.2, 0.25) is 0 Å². The van der Waals surface area contributed by atoms with Crippen LogP contribution in [0.4, 0.5) is 10.2 Å². The van der Waals surface area contributed by atoms with E-state index in [1.807, 2.05) is 0 Å². The molecule has 11 heteroatoms. The molecule has 2 N–H and O–H groups in total. The molecule has 0 saturated carbocycles. The summed E-state index contributed by atoms with van der Waals surface area (Å²) >= 11 is 1.57. The Morgan fingerprint density at radius 3 is 2.67 bits per heavy atom. The Morgan fingerprint density at radius 1 is 1.21 bits per heavy atom. The molecule has 1 aliphatic carbocycles. The van der Waals surface area contributed by atoms with E-state index in [1.54, 1.807) is 25.2 Å². The molecule has 0 bridgehead atoms. The number of carbonyl (C=O) groups excluding carboxylic acids is 1. The summed E-state index contributed by atoms with van der Waals surface area (Å²) in [6, 6.07) is 3.08. The van der Waals surface area contributed by atoms with E-state index in [0.29, 0.717) is 5.82 Å². The van der Waals surface area contributed by atoms with Crippen molar-refractivity contribution in [1.82, 2.24) is 14.3 Å². The minimum atomic E-state index is -3.85. The number of halogens is 1. The number of hydrogen-bond donors (Lipinski definition) is 1. The highest BCUT2D eigenvalue weighted by Crippen LogP contribution is 2.37. The summed E-state index contributed by atoms with van der Waals surface area (Å²) in [5.74, 6) is -1.33. The number of benzene rings is 1. The molecule has 1 aromatic carbocycles. The van der Waals surface area contributed by atoms with E-state index in [-0.39, 0.29) is 30.4 Å². The largest absolute Gasteiger partial charge is 0.454 e. The summed E-state index contributed by atoms with van der Waals surface area (Å²) in [5, 5.41) is 0.866. The molecular weight excluding hydrogens is 467 g/mol. The number of aromatic nitrogens is 2. The molecule has 0 radical (unpaired) electrons. The average molecular weight is 493 g/mol. The molecule has 0 atom stereocenters. The van der Waals surface area contributed by atoms with Crippen LogP contribution < -0.4 is 5.73 Å². The number of ether oxygens (including phenoxy) is 1. The first-order valence-corrected chi connectivity index (χ1v) is 13.0. The van der Waals surface area contributed by atoms with Crippen molar-refractivity contribution >= 4 is 43.4 Å². The molecule has 0 amide bonds. The lowest BCUT2D eigenvalue weighted by Crippen LogP contribution is -2.30. The molecule has 176 valence electrons. The Bertz CT molecular complexity index is 1320. The van der Waals surface area contributed by atoms with Gasteiger partial charge in [-0.1, -0.05) is 13.8 Å². The van der Waals surface area contributed by atoms with Gasteiger partial charge in [0.25, 0.3) is 0 Å². The first kappa shape index (κ1) is 23.5. The van der Waals surface area contributed by atoms with Crippen molar-refractivity contribution in [1.29, 1.82) is 0 Å². The summed E-state index contributed by atoms with van der Waals surface area (Å²) in [7, 11) is -3.85. The lowest BCUT2D eigenvalue weighted by atomic mass is 9.97. The summed E-state index contributed by atoms with van der Waals surface area (Å²) < 4.78 is 46.2. The number of nitrogens with zero attached hydrogens (tertiary/aromatic N) is 3. The van der Waals surface area contributed by atoms with Gasteiger partial charge in [0, 0.05) is 18.0 Å². The fourth-order valence-corrected chi connectivity index (χ4v) is 6.81. The van der Waals surface area contributed by atoms with Crippen LogP contribution in [0.25, 0.3) is 10.2 Å². The predicted octanol–water partition coefficient (Wildman–Crippen LogP) is 3.68. The molecule has 0 unspecified atom stereocenters. The third-order valence-electron chi connectivity index (χ3n) is 5.72. The Morgan fingerprint density at radius 2 is 1.94 bits per heavy atom. The number of sulfonamides is 1. The summed E-state index contributed by atoms with van der Waals surface area (Å²) in [6.07, 6.45) is 4.17. The SMILES string of the molecule is CCN(CC)S(=O)(=O)c1ccc(F)c(C(=O)OCc2nc(N)c3c4c(sc3n2)CCCC4)c1. The smallest absolute Gasteiger partial charge is 0.341 e. The Hall–Kier alpha value is -2.63. The van der Waals surface area contributed by atoms with Crippen molar-refractivity contribution in [3.05, 3.63) is 45.8 Å². The number of nitrogen functional groups attached to an aromatic ring is 1. The van der Waals surface area contributed by atoms with Gasteiger partial charge in [-0.15, -0.1) is 11.3 Å². The van der Waals surface area contributed by atoms with E-state index in [2.05, 4.69) is 9.97 Å². The fourth-order valence-electron chi connectivity index (χ4n) is 4.04. The molecule has 2 heterocycles. The topological polar surface area (TPSA) is 115 Å². The number of hydrogen-bond acceptors (Lipinski definition) is 8. The molecule has 4 rings (SSSR count). The van der Waals surface area contributed by atoms with Crippen molar-refractivity contribution in [3.8, 4) is 0 Å². The first-order chi connectivity index (χ1) is 15.8. The summed E-state index contributed by atoms with van der Waals surface area (Å²) in [4.78, 5) is 23.2. The van der Waals surface area contributed by atoms with E-state index >= 15 is 0 Å². The molecule has 0 spiro atoms. The van der Waals surface area contributed by atoms with Gasteiger partial charge >= 0.3 is 5.97 Å². The molecule has 0 aliphatic heterocycles. The van der Waals surface area contributed by atoms with E-state index in [0.717, 1.165) is 54.1 Å². The van der Waals surface area contributed by atoms with Crippen LogP contribution in [0.15, 0.2) is 23.1 Å². The standard InChI is InChI=1S/C22H25FN4O4S2/c1-3-27(4-2)33(29,30)13-9-10-16(23)15(11-13)22(28)31-12-18-25-20(24)19-14-7-5-6-8-17(14)32-21(19)26-18/h9-11H,3-8,12H2,1-2H3,(H2,24,25,26). The third-order valence-corrected chi connectivity index (χ3v) is 8.95. The normalized spacial score (nSPS) is 13.9. The van der Waals surface area contributed by atoms with Crippen molar-refractivity contribution < 1.29 is 22.3 Å². The molecule has 3 aromatic rings. The number of carbonyl (C=O) groups is 1. The number of aryl methyl sites for hydroxylation is 2. The zero-order valence-corrected chi connectivity index (χ0v) is 20.1. The molecule has 0 saturated heterocycles.